The van der Waals surface area contributed by atoms with Crippen molar-refractivity contribution in [3.8, 4) is 0 Å². The van der Waals surface area contributed by atoms with Crippen molar-refractivity contribution in [1.82, 2.24) is 20.4 Å². The van der Waals surface area contributed by atoms with Crippen molar-refractivity contribution >= 4 is 11.8 Å². The quantitative estimate of drug-likeness (QED) is 0.871. The van der Waals surface area contributed by atoms with Gasteiger partial charge in [0.1, 0.15) is 0 Å². The molecule has 0 radical (unpaired) electrons. The predicted octanol–water partition coefficient (Wildman–Crippen LogP) is 1.72. The Morgan fingerprint density at radius 3 is 2.72 bits per heavy atom. The van der Waals surface area contributed by atoms with Gasteiger partial charge >= 0.3 is 0 Å². The minimum absolute atomic E-state index is 0.0291. The van der Waals surface area contributed by atoms with Crippen LogP contribution in [-0.2, 0) is 11.3 Å². The lowest BCUT2D eigenvalue weighted by molar-refractivity contribution is -0.124. The highest BCUT2D eigenvalue weighted by atomic mass is 16.2. The molecule has 6 heteroatoms. The molecule has 130 valence electrons. The third-order valence-electron chi connectivity index (χ3n) is 5.01. The van der Waals surface area contributed by atoms with Crippen LogP contribution in [0.15, 0.2) is 42.7 Å². The Hall–Kier alpha value is -2.63. The van der Waals surface area contributed by atoms with Gasteiger partial charge < -0.3 is 10.6 Å². The van der Waals surface area contributed by atoms with E-state index in [2.05, 4.69) is 15.7 Å². The van der Waals surface area contributed by atoms with Crippen LogP contribution in [0.2, 0.25) is 0 Å². The summed E-state index contributed by atoms with van der Waals surface area (Å²) >= 11 is 0. The minimum Gasteiger partial charge on any atom is -0.351 e. The summed E-state index contributed by atoms with van der Waals surface area (Å²) in [5.41, 5.74) is 1.75. The summed E-state index contributed by atoms with van der Waals surface area (Å²) in [6.07, 6.45) is 7.14. The number of nitrogens with zero attached hydrogens (tertiary/aromatic N) is 2. The van der Waals surface area contributed by atoms with Crippen LogP contribution in [0.1, 0.15) is 41.6 Å². The molecular weight excluding hydrogens is 316 g/mol. The molecule has 1 aliphatic carbocycles. The number of amides is 2. The largest absolute Gasteiger partial charge is 0.351 e. The molecule has 1 saturated carbocycles. The highest BCUT2D eigenvalue weighted by Gasteiger charge is 2.40. The van der Waals surface area contributed by atoms with Gasteiger partial charge in [-0.2, -0.15) is 5.10 Å². The lowest BCUT2D eigenvalue weighted by Gasteiger charge is -2.33. The first-order valence-electron chi connectivity index (χ1n) is 8.85. The van der Waals surface area contributed by atoms with E-state index < -0.39 is 0 Å². The van der Waals surface area contributed by atoms with Crippen LogP contribution in [-0.4, -0.2) is 33.7 Å². The summed E-state index contributed by atoms with van der Waals surface area (Å²) in [5, 5.41) is 10.4. The number of piperidine rings is 1. The average Bonchev–Trinajstić information content (AvgIpc) is 3.34. The van der Waals surface area contributed by atoms with E-state index in [1.54, 1.807) is 6.20 Å². The fraction of sp³-hybridized carbons (Fsp3) is 0.421. The van der Waals surface area contributed by atoms with Crippen LogP contribution >= 0.6 is 0 Å². The molecule has 1 aliphatic heterocycles. The van der Waals surface area contributed by atoms with E-state index in [1.807, 2.05) is 41.2 Å². The molecule has 1 saturated heterocycles. The smallest absolute Gasteiger partial charge is 0.251 e. The van der Waals surface area contributed by atoms with Crippen molar-refractivity contribution < 1.29 is 9.59 Å². The van der Waals surface area contributed by atoms with Gasteiger partial charge in [-0.3, -0.25) is 14.3 Å². The van der Waals surface area contributed by atoms with Crippen LogP contribution in [0, 0.1) is 5.92 Å². The average molecular weight is 338 g/mol. The van der Waals surface area contributed by atoms with Crippen LogP contribution in [0.25, 0.3) is 0 Å². The van der Waals surface area contributed by atoms with Gasteiger partial charge in [0.15, 0.2) is 0 Å². The number of benzene rings is 1. The summed E-state index contributed by atoms with van der Waals surface area (Å²) in [7, 11) is 0. The Kier molecular flexibility index (Phi) is 4.26. The number of carbonyl (C=O) groups is 2. The molecule has 2 aromatic rings. The summed E-state index contributed by atoms with van der Waals surface area (Å²) in [6, 6.07) is 9.62. The van der Waals surface area contributed by atoms with Gasteiger partial charge in [-0.15, -0.1) is 0 Å². The summed E-state index contributed by atoms with van der Waals surface area (Å²) in [5.74, 6) is 0.550. The second kappa shape index (κ2) is 6.70. The van der Waals surface area contributed by atoms with Crippen LogP contribution in [0.4, 0.5) is 0 Å². The van der Waals surface area contributed by atoms with Gasteiger partial charge in [0.05, 0.1) is 18.6 Å². The lowest BCUT2D eigenvalue weighted by atomic mass is 9.94. The molecule has 4 rings (SSSR count). The third kappa shape index (κ3) is 3.73. The Labute approximate surface area is 146 Å². The van der Waals surface area contributed by atoms with Gasteiger partial charge in [-0.05, 0) is 48.9 Å². The molecule has 2 N–H and O–H groups in total. The van der Waals surface area contributed by atoms with Crippen LogP contribution in [0.5, 0.6) is 0 Å². The molecular formula is C19H22N4O2. The molecule has 25 heavy (non-hydrogen) atoms. The molecule has 2 aliphatic rings. The van der Waals surface area contributed by atoms with E-state index in [4.69, 9.17) is 0 Å². The lowest BCUT2D eigenvalue weighted by Crippen LogP contribution is -2.56. The Morgan fingerprint density at radius 1 is 1.24 bits per heavy atom. The first-order valence-corrected chi connectivity index (χ1v) is 8.85. The molecule has 1 aromatic carbocycles. The fourth-order valence-electron chi connectivity index (χ4n) is 3.48. The zero-order chi connectivity index (χ0) is 17.2. The zero-order valence-electron chi connectivity index (χ0n) is 14.0. The maximum absolute atomic E-state index is 12.6. The van der Waals surface area contributed by atoms with Gasteiger partial charge in [-0.25, -0.2) is 0 Å². The first-order chi connectivity index (χ1) is 12.2. The highest BCUT2D eigenvalue weighted by Crippen LogP contribution is 2.36. The molecule has 2 atom stereocenters. The van der Waals surface area contributed by atoms with Crippen molar-refractivity contribution in [1.29, 1.82) is 0 Å². The normalized spacial score (nSPS) is 23.1. The second-order valence-electron chi connectivity index (χ2n) is 6.95. The molecule has 0 bridgehead atoms. The zero-order valence-corrected chi connectivity index (χ0v) is 14.0. The number of hydrogen-bond donors (Lipinski definition) is 2. The molecule has 2 fully saturated rings. The Balaban J connectivity index is 1.39. The van der Waals surface area contributed by atoms with Gasteiger partial charge in [0.2, 0.25) is 5.91 Å². The Bertz CT molecular complexity index is 750. The summed E-state index contributed by atoms with van der Waals surface area (Å²) in [4.78, 5) is 24.2. The maximum atomic E-state index is 12.6. The summed E-state index contributed by atoms with van der Waals surface area (Å²) in [6.45, 7) is 0.688. The molecule has 2 amide bonds. The molecule has 0 spiro atoms. The maximum Gasteiger partial charge on any atom is 0.251 e. The van der Waals surface area contributed by atoms with Crippen molar-refractivity contribution in [2.45, 2.75) is 44.3 Å². The minimum atomic E-state index is -0.0718. The van der Waals surface area contributed by atoms with E-state index >= 15 is 0 Å². The van der Waals surface area contributed by atoms with E-state index in [-0.39, 0.29) is 23.9 Å². The molecule has 1 aromatic heterocycles. The van der Waals surface area contributed by atoms with Crippen molar-refractivity contribution in [3.63, 3.8) is 0 Å². The number of aromatic nitrogens is 2. The number of rotatable bonds is 5. The van der Waals surface area contributed by atoms with Crippen LogP contribution in [0.3, 0.4) is 0 Å². The van der Waals surface area contributed by atoms with E-state index in [9.17, 15) is 9.59 Å². The third-order valence-corrected chi connectivity index (χ3v) is 5.01. The van der Waals surface area contributed by atoms with E-state index in [0.717, 1.165) is 24.8 Å². The second-order valence-corrected chi connectivity index (χ2v) is 6.95. The highest BCUT2D eigenvalue weighted by molar-refractivity contribution is 5.94. The van der Waals surface area contributed by atoms with Crippen molar-refractivity contribution in [2.24, 2.45) is 5.92 Å². The van der Waals surface area contributed by atoms with E-state index in [0.29, 0.717) is 24.4 Å². The van der Waals surface area contributed by atoms with Gasteiger partial charge in [0.25, 0.3) is 5.91 Å². The first kappa shape index (κ1) is 15.9. The standard InChI is InChI=1S/C19H22N4O2/c24-17-9-8-16(18(22-17)14-6-7-14)21-19(25)15-4-2-13(3-5-15)12-23-11-1-10-20-23/h1-5,10-11,14,16,18H,6-9,12H2,(H,21,25)(H,22,24)/t16-,18+/m1/s1. The fourth-order valence-corrected chi connectivity index (χ4v) is 3.48. The van der Waals surface area contributed by atoms with Gasteiger partial charge in [-0.1, -0.05) is 12.1 Å². The van der Waals surface area contributed by atoms with E-state index in [1.165, 1.54) is 0 Å². The molecule has 2 heterocycles. The van der Waals surface area contributed by atoms with Crippen molar-refractivity contribution in [2.75, 3.05) is 0 Å². The number of nitrogens with one attached hydrogen (secondary N) is 2. The van der Waals surface area contributed by atoms with Crippen LogP contribution < -0.4 is 10.6 Å². The monoisotopic (exact) mass is 338 g/mol. The van der Waals surface area contributed by atoms with Gasteiger partial charge in [0, 0.05) is 24.4 Å². The summed E-state index contributed by atoms with van der Waals surface area (Å²) < 4.78 is 1.85. The predicted molar refractivity (Wildman–Crippen MR) is 92.9 cm³/mol. The molecule has 0 unspecified atom stereocenters. The topological polar surface area (TPSA) is 76.0 Å². The SMILES string of the molecule is O=C1CC[C@@H](NC(=O)c2ccc(Cn3cccn3)cc2)[C@H](C2CC2)N1. The molecule has 6 nitrogen and oxygen atoms in total. The van der Waals surface area contributed by atoms with Crippen molar-refractivity contribution in [3.05, 3.63) is 53.9 Å². The number of hydrogen-bond acceptors (Lipinski definition) is 3. The number of carbonyl (C=O) groups excluding carboxylic acids is 2. The Morgan fingerprint density at radius 2 is 2.04 bits per heavy atom.